The monoisotopic (exact) mass is 485 g/mol. The predicted octanol–water partition coefficient (Wildman–Crippen LogP) is 4.32. The SMILES string of the molecule is N[C@@H]1CC[C@](c2ccc(C(O)(C(F)(F)F)C(F)(F)F)cc2)(S(=O)(=O)c2ccc(F)cc2)C1. The molecule has 32 heavy (non-hydrogen) atoms. The number of benzene rings is 2. The summed E-state index contributed by atoms with van der Waals surface area (Å²) >= 11 is 0. The summed E-state index contributed by atoms with van der Waals surface area (Å²) in [5, 5.41) is 9.56. The van der Waals surface area contributed by atoms with E-state index in [1.54, 1.807) is 0 Å². The Balaban J connectivity index is 2.14. The Hall–Kier alpha value is -2.18. The summed E-state index contributed by atoms with van der Waals surface area (Å²) in [5.74, 6) is -0.691. The third kappa shape index (κ3) is 3.67. The lowest BCUT2D eigenvalue weighted by Crippen LogP contribution is -2.53. The van der Waals surface area contributed by atoms with Crippen LogP contribution in [-0.2, 0) is 20.2 Å². The third-order valence-corrected chi connectivity index (χ3v) is 8.33. The second-order valence-corrected chi connectivity index (χ2v) is 10.00. The molecule has 2 atom stereocenters. The number of halogens is 7. The first-order valence-corrected chi connectivity index (χ1v) is 10.8. The first-order valence-electron chi connectivity index (χ1n) is 9.29. The molecule has 0 spiro atoms. The Morgan fingerprint density at radius 1 is 0.906 bits per heavy atom. The quantitative estimate of drug-likeness (QED) is 0.500. The van der Waals surface area contributed by atoms with Crippen LogP contribution in [0.25, 0.3) is 0 Å². The molecule has 3 rings (SSSR count). The summed E-state index contributed by atoms with van der Waals surface area (Å²) in [7, 11) is -4.26. The van der Waals surface area contributed by atoms with Gasteiger partial charge in [-0.25, -0.2) is 12.8 Å². The average molecular weight is 485 g/mol. The van der Waals surface area contributed by atoms with Crippen molar-refractivity contribution in [1.82, 2.24) is 0 Å². The normalized spacial score (nSPS) is 22.8. The molecule has 0 amide bonds. The standard InChI is InChI=1S/C20H18F7NO3S/c21-14-5-7-16(8-6-14)32(30,31)17(10-9-15(28)11-17)12-1-3-13(4-2-12)18(29,19(22,23)24)20(25,26)27/h1-8,15,29H,9-11,28H2/t15-,17+/m1/s1. The second-order valence-electron chi connectivity index (χ2n) is 7.74. The van der Waals surface area contributed by atoms with Gasteiger partial charge in [-0.1, -0.05) is 24.3 Å². The lowest BCUT2D eigenvalue weighted by atomic mass is 9.88. The van der Waals surface area contributed by atoms with E-state index >= 15 is 0 Å². The molecule has 0 bridgehead atoms. The van der Waals surface area contributed by atoms with E-state index in [0.29, 0.717) is 12.1 Å². The summed E-state index contributed by atoms with van der Waals surface area (Å²) in [6, 6.07) is 5.74. The Morgan fingerprint density at radius 2 is 1.41 bits per heavy atom. The Labute approximate surface area is 178 Å². The maximum Gasteiger partial charge on any atom is 0.430 e. The predicted molar refractivity (Wildman–Crippen MR) is 99.5 cm³/mol. The van der Waals surface area contributed by atoms with Crippen LogP contribution >= 0.6 is 0 Å². The number of sulfone groups is 1. The molecular formula is C20H18F7NO3S. The summed E-state index contributed by atoms with van der Waals surface area (Å²) < 4.78 is 117. The summed E-state index contributed by atoms with van der Waals surface area (Å²) in [6.07, 6.45) is -12.1. The molecule has 1 saturated carbocycles. The molecule has 2 aromatic rings. The van der Waals surface area contributed by atoms with Crippen LogP contribution in [0.5, 0.6) is 0 Å². The minimum Gasteiger partial charge on any atom is -0.369 e. The van der Waals surface area contributed by atoms with Gasteiger partial charge in [0.15, 0.2) is 9.84 Å². The first kappa shape index (κ1) is 24.5. The largest absolute Gasteiger partial charge is 0.430 e. The molecule has 1 aliphatic carbocycles. The van der Waals surface area contributed by atoms with Gasteiger partial charge in [0.25, 0.3) is 5.60 Å². The molecule has 0 radical (unpaired) electrons. The first-order chi connectivity index (χ1) is 14.6. The number of hydrogen-bond donors (Lipinski definition) is 2. The molecule has 176 valence electrons. The van der Waals surface area contributed by atoms with Crippen molar-refractivity contribution in [2.45, 2.75) is 52.9 Å². The van der Waals surface area contributed by atoms with Gasteiger partial charge in [-0.3, -0.25) is 0 Å². The molecule has 1 aliphatic rings. The molecule has 0 unspecified atom stereocenters. The highest BCUT2D eigenvalue weighted by Crippen LogP contribution is 2.52. The van der Waals surface area contributed by atoms with Crippen molar-refractivity contribution >= 4 is 9.84 Å². The topological polar surface area (TPSA) is 80.4 Å². The molecule has 3 N–H and O–H groups in total. The molecule has 0 aliphatic heterocycles. The van der Waals surface area contributed by atoms with Crippen LogP contribution < -0.4 is 5.73 Å². The lowest BCUT2D eigenvalue weighted by molar-refractivity contribution is -0.376. The van der Waals surface area contributed by atoms with Crippen LogP contribution in [0.15, 0.2) is 53.4 Å². The van der Waals surface area contributed by atoms with Gasteiger partial charge in [0, 0.05) is 11.6 Å². The molecule has 0 aromatic heterocycles. The van der Waals surface area contributed by atoms with Crippen molar-refractivity contribution in [2.24, 2.45) is 5.73 Å². The number of rotatable bonds is 4. The van der Waals surface area contributed by atoms with E-state index in [0.717, 1.165) is 36.4 Å². The van der Waals surface area contributed by atoms with Crippen LogP contribution in [0, 0.1) is 5.82 Å². The number of nitrogens with two attached hydrogens (primary N) is 1. The smallest absolute Gasteiger partial charge is 0.369 e. The van der Waals surface area contributed by atoms with Gasteiger partial charge >= 0.3 is 12.4 Å². The van der Waals surface area contributed by atoms with Gasteiger partial charge in [0.1, 0.15) is 10.6 Å². The zero-order chi connectivity index (χ0) is 24.2. The van der Waals surface area contributed by atoms with Crippen LogP contribution in [0.1, 0.15) is 30.4 Å². The molecule has 2 aromatic carbocycles. The minimum atomic E-state index is -6.07. The van der Waals surface area contributed by atoms with Gasteiger partial charge in [0.05, 0.1) is 4.90 Å². The fourth-order valence-corrected chi connectivity index (χ4v) is 6.26. The average Bonchev–Trinajstić information content (AvgIpc) is 3.09. The van der Waals surface area contributed by atoms with Crippen LogP contribution in [-0.4, -0.2) is 31.9 Å². The van der Waals surface area contributed by atoms with Crippen molar-refractivity contribution in [2.75, 3.05) is 0 Å². The van der Waals surface area contributed by atoms with Crippen LogP contribution in [0.4, 0.5) is 30.7 Å². The number of alkyl halides is 6. The van der Waals surface area contributed by atoms with Crippen molar-refractivity contribution < 1.29 is 44.3 Å². The Morgan fingerprint density at radius 3 is 1.81 bits per heavy atom. The highest BCUT2D eigenvalue weighted by atomic mass is 32.2. The van der Waals surface area contributed by atoms with E-state index in [1.807, 2.05) is 0 Å². The van der Waals surface area contributed by atoms with E-state index in [-0.39, 0.29) is 29.7 Å². The van der Waals surface area contributed by atoms with Crippen molar-refractivity contribution in [3.8, 4) is 0 Å². The van der Waals surface area contributed by atoms with E-state index < -0.39 is 50.0 Å². The van der Waals surface area contributed by atoms with E-state index in [2.05, 4.69) is 0 Å². The summed E-state index contributed by atoms with van der Waals surface area (Å²) in [5.41, 5.74) is -0.814. The highest BCUT2D eigenvalue weighted by molar-refractivity contribution is 7.92. The van der Waals surface area contributed by atoms with Crippen LogP contribution in [0.3, 0.4) is 0 Å². The highest BCUT2D eigenvalue weighted by Gasteiger charge is 2.71. The van der Waals surface area contributed by atoms with E-state index in [4.69, 9.17) is 5.73 Å². The maximum absolute atomic E-state index is 13.4. The van der Waals surface area contributed by atoms with E-state index in [9.17, 15) is 44.3 Å². The molecular weight excluding hydrogens is 467 g/mol. The van der Waals surface area contributed by atoms with E-state index in [1.165, 1.54) is 0 Å². The van der Waals surface area contributed by atoms with Gasteiger partial charge in [-0.15, -0.1) is 0 Å². The maximum atomic E-state index is 13.4. The Kier molecular flexibility index (Phi) is 5.89. The summed E-state index contributed by atoms with van der Waals surface area (Å²) in [4.78, 5) is -0.265. The molecule has 12 heteroatoms. The van der Waals surface area contributed by atoms with Crippen molar-refractivity contribution in [3.05, 3.63) is 65.5 Å². The number of hydrogen-bond acceptors (Lipinski definition) is 4. The minimum absolute atomic E-state index is 0.0456. The van der Waals surface area contributed by atoms with Gasteiger partial charge in [-0.05, 0) is 49.1 Å². The van der Waals surface area contributed by atoms with Gasteiger partial charge < -0.3 is 10.8 Å². The fourth-order valence-electron chi connectivity index (χ4n) is 4.05. The van der Waals surface area contributed by atoms with Crippen LogP contribution in [0.2, 0.25) is 0 Å². The third-order valence-electron chi connectivity index (χ3n) is 5.80. The lowest BCUT2D eigenvalue weighted by Gasteiger charge is -2.34. The zero-order valence-corrected chi connectivity index (χ0v) is 17.0. The molecule has 0 heterocycles. The Bertz CT molecular complexity index is 1070. The molecule has 0 saturated heterocycles. The molecule has 1 fully saturated rings. The molecule has 4 nitrogen and oxygen atoms in total. The van der Waals surface area contributed by atoms with Gasteiger partial charge in [-0.2, -0.15) is 26.3 Å². The number of aliphatic hydroxyl groups is 1. The van der Waals surface area contributed by atoms with Gasteiger partial charge in [0.2, 0.25) is 0 Å². The van der Waals surface area contributed by atoms with Crippen molar-refractivity contribution in [3.63, 3.8) is 0 Å². The zero-order valence-electron chi connectivity index (χ0n) is 16.2. The summed E-state index contributed by atoms with van der Waals surface area (Å²) in [6.45, 7) is 0. The van der Waals surface area contributed by atoms with Crippen molar-refractivity contribution in [1.29, 1.82) is 0 Å². The second kappa shape index (κ2) is 7.70. The fraction of sp³-hybridized carbons (Fsp3) is 0.400.